The van der Waals surface area contributed by atoms with E-state index in [1.807, 2.05) is 0 Å². The molecule has 2 N–H and O–H groups in total. The third-order valence-corrected chi connectivity index (χ3v) is 2.27. The molecular formula is C13H16FNO2. The molecule has 0 aliphatic carbocycles. The van der Waals surface area contributed by atoms with E-state index in [1.54, 1.807) is 32.1 Å². The summed E-state index contributed by atoms with van der Waals surface area (Å²) in [5.41, 5.74) is 7.21. The van der Waals surface area contributed by atoms with Gasteiger partial charge in [-0.2, -0.15) is 0 Å². The van der Waals surface area contributed by atoms with Crippen molar-refractivity contribution in [2.45, 2.75) is 20.3 Å². The van der Waals surface area contributed by atoms with E-state index in [2.05, 4.69) is 0 Å². The van der Waals surface area contributed by atoms with Crippen LogP contribution in [-0.2, 0) is 9.53 Å². The number of benzene rings is 1. The van der Waals surface area contributed by atoms with E-state index >= 15 is 0 Å². The largest absolute Gasteiger partial charge is 0.466 e. The Kier molecular flexibility index (Phi) is 4.69. The summed E-state index contributed by atoms with van der Waals surface area (Å²) in [6.07, 6.45) is 3.27. The highest BCUT2D eigenvalue weighted by molar-refractivity contribution is 5.72. The number of carbonyl (C=O) groups is 1. The molecule has 0 heterocycles. The molecule has 3 nitrogen and oxygen atoms in total. The highest BCUT2D eigenvalue weighted by Crippen LogP contribution is 2.18. The van der Waals surface area contributed by atoms with Crippen molar-refractivity contribution >= 4 is 17.7 Å². The summed E-state index contributed by atoms with van der Waals surface area (Å²) < 4.78 is 18.2. The maximum absolute atomic E-state index is 13.5. The van der Waals surface area contributed by atoms with Crippen LogP contribution >= 0.6 is 0 Å². The number of esters is 1. The van der Waals surface area contributed by atoms with Crippen molar-refractivity contribution in [2.75, 3.05) is 12.3 Å². The molecule has 1 aromatic carbocycles. The molecule has 0 radical (unpaired) electrons. The zero-order valence-electron chi connectivity index (χ0n) is 10.00. The van der Waals surface area contributed by atoms with Crippen molar-refractivity contribution in [3.8, 4) is 0 Å². The topological polar surface area (TPSA) is 52.3 Å². The number of aryl methyl sites for hydroxylation is 1. The fraction of sp³-hybridized carbons (Fsp3) is 0.308. The molecule has 1 aromatic rings. The molecule has 0 aromatic heterocycles. The van der Waals surface area contributed by atoms with Gasteiger partial charge in [-0.1, -0.05) is 12.2 Å². The SMILES string of the molecule is CCOC(=O)CC=Cc1cc(C)c(N)cc1F. The van der Waals surface area contributed by atoms with Gasteiger partial charge in [-0.25, -0.2) is 4.39 Å². The van der Waals surface area contributed by atoms with Crippen LogP contribution in [0.15, 0.2) is 18.2 Å². The van der Waals surface area contributed by atoms with E-state index in [0.717, 1.165) is 5.56 Å². The Hall–Kier alpha value is -1.84. The van der Waals surface area contributed by atoms with Gasteiger partial charge in [0.05, 0.1) is 13.0 Å². The first kappa shape index (κ1) is 13.2. The predicted molar refractivity (Wildman–Crippen MR) is 65.8 cm³/mol. The fourth-order valence-corrected chi connectivity index (χ4v) is 1.35. The second kappa shape index (κ2) is 6.03. The minimum atomic E-state index is -0.395. The number of halogens is 1. The molecule has 0 atom stereocenters. The lowest BCUT2D eigenvalue weighted by atomic mass is 10.1. The van der Waals surface area contributed by atoms with Crippen LogP contribution in [0.2, 0.25) is 0 Å². The number of nitrogen functional groups attached to an aromatic ring is 1. The van der Waals surface area contributed by atoms with E-state index in [0.29, 0.717) is 17.9 Å². The van der Waals surface area contributed by atoms with Crippen LogP contribution in [0.5, 0.6) is 0 Å². The minimum Gasteiger partial charge on any atom is -0.466 e. The molecule has 0 aliphatic rings. The molecule has 0 unspecified atom stereocenters. The molecule has 0 amide bonds. The Bertz CT molecular complexity index is 441. The number of nitrogens with two attached hydrogens (primary N) is 1. The van der Waals surface area contributed by atoms with E-state index in [-0.39, 0.29) is 12.4 Å². The van der Waals surface area contributed by atoms with Crippen LogP contribution < -0.4 is 5.73 Å². The van der Waals surface area contributed by atoms with Crippen molar-refractivity contribution in [1.82, 2.24) is 0 Å². The van der Waals surface area contributed by atoms with Gasteiger partial charge in [-0.15, -0.1) is 0 Å². The van der Waals surface area contributed by atoms with Crippen LogP contribution in [0.3, 0.4) is 0 Å². The minimum absolute atomic E-state index is 0.136. The Morgan fingerprint density at radius 3 is 2.88 bits per heavy atom. The van der Waals surface area contributed by atoms with Crippen molar-refractivity contribution in [1.29, 1.82) is 0 Å². The summed E-state index contributed by atoms with van der Waals surface area (Å²) in [4.78, 5) is 11.1. The van der Waals surface area contributed by atoms with Crippen molar-refractivity contribution in [3.63, 3.8) is 0 Å². The number of hydrogen-bond acceptors (Lipinski definition) is 3. The van der Waals surface area contributed by atoms with E-state index in [1.165, 1.54) is 6.07 Å². The normalized spacial score (nSPS) is 10.8. The predicted octanol–water partition coefficient (Wildman–Crippen LogP) is 2.68. The second-order valence-corrected chi connectivity index (χ2v) is 3.64. The average molecular weight is 237 g/mol. The van der Waals surface area contributed by atoms with Crippen molar-refractivity contribution in [2.24, 2.45) is 0 Å². The van der Waals surface area contributed by atoms with Crippen molar-refractivity contribution in [3.05, 3.63) is 35.2 Å². The molecule has 1 rings (SSSR count). The molecular weight excluding hydrogens is 221 g/mol. The van der Waals surface area contributed by atoms with Gasteiger partial charge in [-0.05, 0) is 31.5 Å². The van der Waals surface area contributed by atoms with Gasteiger partial charge >= 0.3 is 5.97 Å². The summed E-state index contributed by atoms with van der Waals surface area (Å²) in [5, 5.41) is 0. The first-order valence-corrected chi connectivity index (χ1v) is 5.42. The van der Waals surface area contributed by atoms with Gasteiger partial charge in [0.15, 0.2) is 0 Å². The smallest absolute Gasteiger partial charge is 0.309 e. The first-order chi connectivity index (χ1) is 8.04. The highest BCUT2D eigenvalue weighted by atomic mass is 19.1. The number of carbonyl (C=O) groups excluding carboxylic acids is 1. The monoisotopic (exact) mass is 237 g/mol. The van der Waals surface area contributed by atoms with E-state index in [4.69, 9.17) is 10.5 Å². The van der Waals surface area contributed by atoms with Gasteiger partial charge in [0.1, 0.15) is 5.82 Å². The lowest BCUT2D eigenvalue weighted by molar-refractivity contribution is -0.142. The van der Waals surface area contributed by atoms with E-state index < -0.39 is 5.82 Å². The molecule has 0 aliphatic heterocycles. The molecule has 17 heavy (non-hydrogen) atoms. The second-order valence-electron chi connectivity index (χ2n) is 3.64. The van der Waals surface area contributed by atoms with Gasteiger partial charge in [0.25, 0.3) is 0 Å². The van der Waals surface area contributed by atoms with Crippen LogP contribution in [0.25, 0.3) is 6.08 Å². The molecule has 4 heteroatoms. The number of rotatable bonds is 4. The van der Waals surface area contributed by atoms with Crippen LogP contribution in [0.1, 0.15) is 24.5 Å². The number of ether oxygens (including phenoxy) is 1. The number of anilines is 1. The summed E-state index contributed by atoms with van der Waals surface area (Å²) >= 11 is 0. The molecule has 0 spiro atoms. The maximum atomic E-state index is 13.5. The molecule has 0 fully saturated rings. The van der Waals surface area contributed by atoms with Gasteiger partial charge in [0.2, 0.25) is 0 Å². The lowest BCUT2D eigenvalue weighted by Gasteiger charge is -2.03. The van der Waals surface area contributed by atoms with Gasteiger partial charge < -0.3 is 10.5 Å². The first-order valence-electron chi connectivity index (χ1n) is 5.42. The summed E-state index contributed by atoms with van der Waals surface area (Å²) in [6.45, 7) is 3.89. The summed E-state index contributed by atoms with van der Waals surface area (Å²) in [5.74, 6) is -0.718. The fourth-order valence-electron chi connectivity index (χ4n) is 1.35. The third-order valence-electron chi connectivity index (χ3n) is 2.27. The van der Waals surface area contributed by atoms with Crippen molar-refractivity contribution < 1.29 is 13.9 Å². The Morgan fingerprint density at radius 1 is 1.53 bits per heavy atom. The Balaban J connectivity index is 2.71. The summed E-state index contributed by atoms with van der Waals surface area (Å²) in [7, 11) is 0. The average Bonchev–Trinajstić information content (AvgIpc) is 2.26. The molecule has 0 saturated carbocycles. The molecule has 92 valence electrons. The van der Waals surface area contributed by atoms with Gasteiger partial charge in [-0.3, -0.25) is 4.79 Å². The van der Waals surface area contributed by atoms with E-state index in [9.17, 15) is 9.18 Å². The highest BCUT2D eigenvalue weighted by Gasteiger charge is 2.03. The Labute approximate surface area is 100 Å². The maximum Gasteiger partial charge on any atom is 0.309 e. The zero-order valence-corrected chi connectivity index (χ0v) is 10.00. The number of hydrogen-bond donors (Lipinski definition) is 1. The van der Waals surface area contributed by atoms with Gasteiger partial charge in [0, 0.05) is 11.3 Å². The zero-order chi connectivity index (χ0) is 12.8. The molecule has 0 saturated heterocycles. The van der Waals surface area contributed by atoms with Crippen LogP contribution in [0, 0.1) is 12.7 Å². The van der Waals surface area contributed by atoms with Crippen LogP contribution in [-0.4, -0.2) is 12.6 Å². The van der Waals surface area contributed by atoms with Crippen LogP contribution in [0.4, 0.5) is 10.1 Å². The standard InChI is InChI=1S/C13H16FNO2/c1-3-17-13(16)6-4-5-10-7-9(2)12(15)8-11(10)14/h4-5,7-8H,3,6,15H2,1-2H3. The Morgan fingerprint density at radius 2 is 2.24 bits per heavy atom. The quantitative estimate of drug-likeness (QED) is 0.647. The lowest BCUT2D eigenvalue weighted by Crippen LogP contribution is -2.01. The summed E-state index contributed by atoms with van der Waals surface area (Å²) in [6, 6.07) is 2.92. The molecule has 0 bridgehead atoms. The third kappa shape index (κ3) is 3.90.